The van der Waals surface area contributed by atoms with E-state index in [1.54, 1.807) is 11.9 Å². The zero-order valence-electron chi connectivity index (χ0n) is 8.95. The van der Waals surface area contributed by atoms with Crippen LogP contribution in [0.4, 0.5) is 0 Å². The van der Waals surface area contributed by atoms with Gasteiger partial charge in [-0.1, -0.05) is 0 Å². The highest BCUT2D eigenvalue weighted by Gasteiger charge is 2.32. The number of nitrogens with one attached hydrogen (secondary N) is 2. The molecule has 0 aliphatic carbocycles. The molecule has 2 atom stereocenters. The summed E-state index contributed by atoms with van der Waals surface area (Å²) < 4.78 is 0. The minimum absolute atomic E-state index is 0.0267. The molecule has 2 heterocycles. The smallest absolute Gasteiger partial charge is 0.244 e. The van der Waals surface area contributed by atoms with Crippen molar-refractivity contribution in [2.45, 2.75) is 31.3 Å². The van der Waals surface area contributed by atoms with Gasteiger partial charge < -0.3 is 15.5 Å². The lowest BCUT2D eigenvalue weighted by Crippen LogP contribution is -2.47. The topological polar surface area (TPSA) is 61.4 Å². The van der Waals surface area contributed by atoms with Crippen LogP contribution < -0.4 is 10.6 Å². The Hall–Kier alpha value is -1.10. The predicted molar refractivity (Wildman–Crippen MR) is 55.2 cm³/mol. The second-order valence-corrected chi connectivity index (χ2v) is 4.26. The molecular weight excluding hydrogens is 194 g/mol. The molecule has 5 nitrogen and oxygen atoms in total. The maximum atomic E-state index is 11.7. The highest BCUT2D eigenvalue weighted by Crippen LogP contribution is 2.10. The van der Waals surface area contributed by atoms with Crippen molar-refractivity contribution in [2.24, 2.45) is 0 Å². The Labute approximate surface area is 89.2 Å². The first kappa shape index (κ1) is 10.4. The number of carbonyl (C=O) groups excluding carboxylic acids is 2. The Bertz CT molecular complexity index is 274. The molecule has 0 radical (unpaired) electrons. The lowest BCUT2D eigenvalue weighted by Gasteiger charge is -2.15. The number of likely N-dealkylation sites (N-methyl/N-ethyl adjacent to an activating group) is 1. The van der Waals surface area contributed by atoms with Crippen molar-refractivity contribution < 1.29 is 9.59 Å². The predicted octanol–water partition coefficient (Wildman–Crippen LogP) is -0.915. The quantitative estimate of drug-likeness (QED) is 0.621. The molecule has 0 aromatic carbocycles. The SMILES string of the molecule is CN1CCC(NC(=O)[C@@H]2CCCN2)C1=O. The first-order valence-corrected chi connectivity index (χ1v) is 5.47. The van der Waals surface area contributed by atoms with E-state index >= 15 is 0 Å². The van der Waals surface area contributed by atoms with Crippen molar-refractivity contribution in [1.82, 2.24) is 15.5 Å². The van der Waals surface area contributed by atoms with Crippen LogP contribution in [0.25, 0.3) is 0 Å². The van der Waals surface area contributed by atoms with Gasteiger partial charge in [0.15, 0.2) is 0 Å². The molecule has 84 valence electrons. The number of likely N-dealkylation sites (tertiary alicyclic amines) is 1. The van der Waals surface area contributed by atoms with Crippen molar-refractivity contribution in [3.8, 4) is 0 Å². The standard InChI is InChI=1S/C10H17N3O2/c1-13-6-4-8(10(13)15)12-9(14)7-3-2-5-11-7/h7-8,11H,2-6H2,1H3,(H,12,14)/t7-,8?/m0/s1. The minimum Gasteiger partial charge on any atom is -0.344 e. The van der Waals surface area contributed by atoms with E-state index in [0.29, 0.717) is 0 Å². The summed E-state index contributed by atoms with van der Waals surface area (Å²) in [6, 6.07) is -0.395. The summed E-state index contributed by atoms with van der Waals surface area (Å²) >= 11 is 0. The summed E-state index contributed by atoms with van der Waals surface area (Å²) in [6.45, 7) is 1.64. The Kier molecular flexibility index (Phi) is 2.90. The summed E-state index contributed by atoms with van der Waals surface area (Å²) in [5, 5.41) is 5.93. The van der Waals surface area contributed by atoms with Crippen LogP contribution in [-0.2, 0) is 9.59 Å². The molecule has 0 aromatic heterocycles. The van der Waals surface area contributed by atoms with Gasteiger partial charge in [0.25, 0.3) is 0 Å². The van der Waals surface area contributed by atoms with E-state index < -0.39 is 0 Å². The number of rotatable bonds is 2. The van der Waals surface area contributed by atoms with Crippen LogP contribution in [0.15, 0.2) is 0 Å². The maximum absolute atomic E-state index is 11.7. The van der Waals surface area contributed by atoms with E-state index in [-0.39, 0.29) is 23.9 Å². The summed E-state index contributed by atoms with van der Waals surface area (Å²) in [6.07, 6.45) is 2.65. The summed E-state index contributed by atoms with van der Waals surface area (Å²) in [7, 11) is 1.77. The fourth-order valence-corrected chi connectivity index (χ4v) is 2.14. The number of hydrogen-bond acceptors (Lipinski definition) is 3. The molecule has 2 rings (SSSR count). The van der Waals surface area contributed by atoms with E-state index in [0.717, 1.165) is 32.4 Å². The third-order valence-electron chi connectivity index (χ3n) is 3.12. The van der Waals surface area contributed by atoms with Crippen molar-refractivity contribution in [3.63, 3.8) is 0 Å². The van der Waals surface area contributed by atoms with Gasteiger partial charge in [0.05, 0.1) is 6.04 Å². The Morgan fingerprint density at radius 2 is 2.33 bits per heavy atom. The molecule has 15 heavy (non-hydrogen) atoms. The summed E-state index contributed by atoms with van der Waals surface area (Å²) in [4.78, 5) is 24.9. The largest absolute Gasteiger partial charge is 0.344 e. The third-order valence-corrected chi connectivity index (χ3v) is 3.12. The maximum Gasteiger partial charge on any atom is 0.244 e. The van der Waals surface area contributed by atoms with Gasteiger partial charge in [-0.2, -0.15) is 0 Å². The Balaban J connectivity index is 1.86. The van der Waals surface area contributed by atoms with Crippen LogP contribution in [0.1, 0.15) is 19.3 Å². The molecule has 0 aromatic rings. The van der Waals surface area contributed by atoms with Gasteiger partial charge in [0, 0.05) is 13.6 Å². The molecule has 2 aliphatic rings. The Morgan fingerprint density at radius 3 is 2.87 bits per heavy atom. The first-order valence-electron chi connectivity index (χ1n) is 5.47. The number of nitrogens with zero attached hydrogens (tertiary/aromatic N) is 1. The summed E-state index contributed by atoms with van der Waals surface area (Å²) in [5.74, 6) is 0.00231. The zero-order chi connectivity index (χ0) is 10.8. The van der Waals surface area contributed by atoms with Gasteiger partial charge in [0.1, 0.15) is 6.04 Å². The normalized spacial score (nSPS) is 31.0. The van der Waals surface area contributed by atoms with Gasteiger partial charge in [-0.25, -0.2) is 0 Å². The van der Waals surface area contributed by atoms with Crippen LogP contribution in [-0.4, -0.2) is 48.9 Å². The third kappa shape index (κ3) is 2.12. The van der Waals surface area contributed by atoms with E-state index in [2.05, 4.69) is 10.6 Å². The molecule has 2 saturated heterocycles. The molecule has 2 aliphatic heterocycles. The average molecular weight is 211 g/mol. The van der Waals surface area contributed by atoms with Gasteiger partial charge in [-0.05, 0) is 25.8 Å². The lowest BCUT2D eigenvalue weighted by atomic mass is 10.2. The second-order valence-electron chi connectivity index (χ2n) is 4.26. The molecule has 2 amide bonds. The van der Waals surface area contributed by atoms with Gasteiger partial charge in [0.2, 0.25) is 11.8 Å². The first-order chi connectivity index (χ1) is 7.18. The second kappa shape index (κ2) is 4.18. The van der Waals surface area contributed by atoms with Crippen LogP contribution in [0, 0.1) is 0 Å². The number of amides is 2. The lowest BCUT2D eigenvalue weighted by molar-refractivity contribution is -0.132. The van der Waals surface area contributed by atoms with Crippen molar-refractivity contribution >= 4 is 11.8 Å². The average Bonchev–Trinajstić information content (AvgIpc) is 2.83. The molecular formula is C10H17N3O2. The van der Waals surface area contributed by atoms with Gasteiger partial charge in [-0.3, -0.25) is 9.59 Å². The van der Waals surface area contributed by atoms with Crippen LogP contribution >= 0.6 is 0 Å². The van der Waals surface area contributed by atoms with Crippen LogP contribution in [0.5, 0.6) is 0 Å². The fourth-order valence-electron chi connectivity index (χ4n) is 2.14. The van der Waals surface area contributed by atoms with Crippen molar-refractivity contribution in [2.75, 3.05) is 20.1 Å². The summed E-state index contributed by atoms with van der Waals surface area (Å²) in [5.41, 5.74) is 0. The highest BCUT2D eigenvalue weighted by atomic mass is 16.2. The molecule has 2 N–H and O–H groups in total. The number of carbonyl (C=O) groups is 2. The van der Waals surface area contributed by atoms with Crippen LogP contribution in [0.3, 0.4) is 0 Å². The van der Waals surface area contributed by atoms with Crippen molar-refractivity contribution in [3.05, 3.63) is 0 Å². The molecule has 5 heteroatoms. The van der Waals surface area contributed by atoms with Crippen molar-refractivity contribution in [1.29, 1.82) is 0 Å². The number of hydrogen-bond donors (Lipinski definition) is 2. The molecule has 0 saturated carbocycles. The van der Waals surface area contributed by atoms with E-state index in [1.807, 2.05) is 0 Å². The molecule has 0 bridgehead atoms. The minimum atomic E-state index is -0.301. The zero-order valence-corrected chi connectivity index (χ0v) is 8.95. The van der Waals surface area contributed by atoms with E-state index in [9.17, 15) is 9.59 Å². The van der Waals surface area contributed by atoms with Gasteiger partial charge in [-0.15, -0.1) is 0 Å². The molecule has 1 unspecified atom stereocenters. The Morgan fingerprint density at radius 1 is 1.53 bits per heavy atom. The fraction of sp³-hybridized carbons (Fsp3) is 0.800. The van der Waals surface area contributed by atoms with E-state index in [4.69, 9.17) is 0 Å². The highest BCUT2D eigenvalue weighted by molar-refractivity contribution is 5.90. The molecule has 2 fully saturated rings. The monoisotopic (exact) mass is 211 g/mol. The van der Waals surface area contributed by atoms with E-state index in [1.165, 1.54) is 0 Å². The molecule has 0 spiro atoms. The van der Waals surface area contributed by atoms with Gasteiger partial charge >= 0.3 is 0 Å². The van der Waals surface area contributed by atoms with Crippen LogP contribution in [0.2, 0.25) is 0 Å².